The second kappa shape index (κ2) is 7.00. The van der Waals surface area contributed by atoms with Gasteiger partial charge >= 0.3 is 0 Å². The number of nitrogen functional groups attached to an aromatic ring is 1. The molecule has 3 rings (SSSR count). The SMILES string of the molecule is COc1cc(-c2c(C#N)c(N)nc3c2CN(C(=O)C(C)C)CC3)ccn1. The maximum absolute atomic E-state index is 12.5. The Morgan fingerprint density at radius 1 is 1.46 bits per heavy atom. The first-order valence-corrected chi connectivity index (χ1v) is 8.46. The van der Waals surface area contributed by atoms with Crippen LogP contribution in [-0.2, 0) is 17.8 Å². The third-order valence-electron chi connectivity index (χ3n) is 4.53. The van der Waals surface area contributed by atoms with Crippen LogP contribution in [0.1, 0.15) is 30.7 Å². The van der Waals surface area contributed by atoms with Crippen LogP contribution in [0.5, 0.6) is 5.88 Å². The summed E-state index contributed by atoms with van der Waals surface area (Å²) in [5, 5.41) is 9.65. The van der Waals surface area contributed by atoms with Gasteiger partial charge in [0.15, 0.2) is 0 Å². The first-order valence-electron chi connectivity index (χ1n) is 8.46. The summed E-state index contributed by atoms with van der Waals surface area (Å²) in [7, 11) is 1.54. The number of nitriles is 1. The van der Waals surface area contributed by atoms with Crippen LogP contribution in [0.2, 0.25) is 0 Å². The van der Waals surface area contributed by atoms with E-state index in [4.69, 9.17) is 10.5 Å². The number of carbonyl (C=O) groups excluding carboxylic acids is 1. The van der Waals surface area contributed by atoms with Gasteiger partial charge in [-0.05, 0) is 11.6 Å². The van der Waals surface area contributed by atoms with Crippen molar-refractivity contribution in [1.82, 2.24) is 14.9 Å². The van der Waals surface area contributed by atoms with Crippen LogP contribution in [-0.4, -0.2) is 34.4 Å². The highest BCUT2D eigenvalue weighted by molar-refractivity contribution is 5.82. The van der Waals surface area contributed by atoms with E-state index in [2.05, 4.69) is 16.0 Å². The first kappa shape index (κ1) is 17.7. The lowest BCUT2D eigenvalue weighted by atomic mass is 9.91. The van der Waals surface area contributed by atoms with Gasteiger partial charge in [-0.1, -0.05) is 13.8 Å². The molecule has 3 heterocycles. The van der Waals surface area contributed by atoms with E-state index >= 15 is 0 Å². The van der Waals surface area contributed by atoms with Crippen LogP contribution < -0.4 is 10.5 Å². The normalized spacial score (nSPS) is 13.3. The number of nitrogens with two attached hydrogens (primary N) is 1. The van der Waals surface area contributed by atoms with Crippen LogP contribution in [0.15, 0.2) is 18.3 Å². The van der Waals surface area contributed by atoms with E-state index in [0.29, 0.717) is 36.5 Å². The number of amides is 1. The second-order valence-corrected chi connectivity index (χ2v) is 6.54. The third-order valence-corrected chi connectivity index (χ3v) is 4.53. The number of nitrogens with zero attached hydrogens (tertiary/aromatic N) is 4. The van der Waals surface area contributed by atoms with Gasteiger partial charge in [0.05, 0.1) is 12.8 Å². The molecule has 1 aliphatic rings. The average molecular weight is 351 g/mol. The molecule has 26 heavy (non-hydrogen) atoms. The Morgan fingerprint density at radius 3 is 2.88 bits per heavy atom. The van der Waals surface area contributed by atoms with Crippen molar-refractivity contribution in [3.05, 3.63) is 35.2 Å². The van der Waals surface area contributed by atoms with Crippen LogP contribution in [0.25, 0.3) is 11.1 Å². The van der Waals surface area contributed by atoms with Crippen molar-refractivity contribution in [3.63, 3.8) is 0 Å². The minimum Gasteiger partial charge on any atom is -0.481 e. The predicted molar refractivity (Wildman–Crippen MR) is 97.1 cm³/mol. The van der Waals surface area contributed by atoms with Gasteiger partial charge in [-0.2, -0.15) is 5.26 Å². The Balaban J connectivity index is 2.18. The number of anilines is 1. The summed E-state index contributed by atoms with van der Waals surface area (Å²) < 4.78 is 5.21. The van der Waals surface area contributed by atoms with Crippen molar-refractivity contribution in [3.8, 4) is 23.1 Å². The van der Waals surface area contributed by atoms with Crippen molar-refractivity contribution < 1.29 is 9.53 Å². The fourth-order valence-corrected chi connectivity index (χ4v) is 3.24. The molecule has 0 spiro atoms. The summed E-state index contributed by atoms with van der Waals surface area (Å²) >= 11 is 0. The summed E-state index contributed by atoms with van der Waals surface area (Å²) in [4.78, 5) is 22.8. The van der Waals surface area contributed by atoms with Crippen LogP contribution in [0.4, 0.5) is 5.82 Å². The molecule has 0 aliphatic carbocycles. The highest BCUT2D eigenvalue weighted by Crippen LogP contribution is 2.36. The molecule has 0 saturated carbocycles. The number of fused-ring (bicyclic) bond motifs is 1. The summed E-state index contributed by atoms with van der Waals surface area (Å²) in [6.45, 7) is 4.78. The van der Waals surface area contributed by atoms with E-state index in [0.717, 1.165) is 16.8 Å². The van der Waals surface area contributed by atoms with Gasteiger partial charge < -0.3 is 15.4 Å². The number of methoxy groups -OCH3 is 1. The van der Waals surface area contributed by atoms with Crippen LogP contribution in [0.3, 0.4) is 0 Å². The molecule has 7 nitrogen and oxygen atoms in total. The Labute approximate surface area is 152 Å². The zero-order valence-electron chi connectivity index (χ0n) is 15.1. The molecule has 0 fully saturated rings. The number of hydrogen-bond acceptors (Lipinski definition) is 6. The average Bonchev–Trinajstić information content (AvgIpc) is 2.65. The van der Waals surface area contributed by atoms with Gasteiger partial charge in [0, 0.05) is 48.8 Å². The Kier molecular flexibility index (Phi) is 4.76. The molecule has 1 aliphatic heterocycles. The lowest BCUT2D eigenvalue weighted by molar-refractivity contribution is -0.135. The van der Waals surface area contributed by atoms with Crippen molar-refractivity contribution in [2.24, 2.45) is 5.92 Å². The smallest absolute Gasteiger partial charge is 0.225 e. The van der Waals surface area contributed by atoms with E-state index < -0.39 is 0 Å². The molecule has 0 bridgehead atoms. The fraction of sp³-hybridized carbons (Fsp3) is 0.368. The maximum atomic E-state index is 12.5. The number of pyridine rings is 2. The van der Waals surface area contributed by atoms with Crippen LogP contribution >= 0.6 is 0 Å². The van der Waals surface area contributed by atoms with Crippen molar-refractivity contribution in [1.29, 1.82) is 5.26 Å². The maximum Gasteiger partial charge on any atom is 0.225 e. The lowest BCUT2D eigenvalue weighted by Crippen LogP contribution is -2.39. The van der Waals surface area contributed by atoms with E-state index in [1.807, 2.05) is 24.8 Å². The standard InChI is InChI=1S/C19H21N5O2/c1-11(2)19(25)24-7-5-15-14(10-24)17(13(9-20)18(21)23-15)12-4-6-22-16(8-12)26-3/h4,6,8,11H,5,7,10H2,1-3H3,(H2,21,23). The molecular weight excluding hydrogens is 330 g/mol. The van der Waals surface area contributed by atoms with Crippen molar-refractivity contribution in [2.45, 2.75) is 26.8 Å². The number of carbonyl (C=O) groups is 1. The monoisotopic (exact) mass is 351 g/mol. The van der Waals surface area contributed by atoms with Gasteiger partial charge in [0.1, 0.15) is 17.5 Å². The van der Waals surface area contributed by atoms with E-state index in [1.54, 1.807) is 12.3 Å². The highest BCUT2D eigenvalue weighted by atomic mass is 16.5. The summed E-state index contributed by atoms with van der Waals surface area (Å²) in [6.07, 6.45) is 2.23. The molecule has 0 unspecified atom stereocenters. The van der Waals surface area contributed by atoms with Crippen molar-refractivity contribution in [2.75, 3.05) is 19.4 Å². The van der Waals surface area contributed by atoms with Crippen LogP contribution in [0, 0.1) is 17.2 Å². The Hall–Kier alpha value is -3.14. The fourth-order valence-electron chi connectivity index (χ4n) is 3.24. The summed E-state index contributed by atoms with van der Waals surface area (Å²) in [5.74, 6) is 0.657. The first-order chi connectivity index (χ1) is 12.5. The van der Waals surface area contributed by atoms with Gasteiger partial charge in [0.25, 0.3) is 0 Å². The van der Waals surface area contributed by atoms with E-state index in [1.165, 1.54) is 7.11 Å². The van der Waals surface area contributed by atoms with Gasteiger partial charge in [-0.25, -0.2) is 9.97 Å². The predicted octanol–water partition coefficient (Wildman–Crippen LogP) is 2.15. The van der Waals surface area contributed by atoms with E-state index in [-0.39, 0.29) is 17.6 Å². The molecule has 2 aromatic heterocycles. The van der Waals surface area contributed by atoms with E-state index in [9.17, 15) is 10.1 Å². The Bertz CT molecular complexity index is 902. The molecule has 2 N–H and O–H groups in total. The topological polar surface area (TPSA) is 105 Å². The molecular formula is C19H21N5O2. The molecule has 0 aromatic carbocycles. The molecule has 0 radical (unpaired) electrons. The number of aromatic nitrogens is 2. The number of hydrogen-bond donors (Lipinski definition) is 1. The van der Waals surface area contributed by atoms with Gasteiger partial charge in [-0.15, -0.1) is 0 Å². The van der Waals surface area contributed by atoms with Gasteiger partial charge in [-0.3, -0.25) is 4.79 Å². The summed E-state index contributed by atoms with van der Waals surface area (Å²) in [6, 6.07) is 5.73. The highest BCUT2D eigenvalue weighted by Gasteiger charge is 2.28. The minimum absolute atomic E-state index is 0.0850. The molecule has 2 aromatic rings. The second-order valence-electron chi connectivity index (χ2n) is 6.54. The molecule has 134 valence electrons. The third kappa shape index (κ3) is 3.06. The van der Waals surface area contributed by atoms with Gasteiger partial charge in [0.2, 0.25) is 11.8 Å². The molecule has 7 heteroatoms. The zero-order valence-corrected chi connectivity index (χ0v) is 15.1. The number of rotatable bonds is 3. The molecule has 0 atom stereocenters. The number of ether oxygens (including phenoxy) is 1. The zero-order chi connectivity index (χ0) is 18.8. The summed E-state index contributed by atoms with van der Waals surface area (Å²) in [5.41, 5.74) is 9.54. The lowest BCUT2D eigenvalue weighted by Gasteiger charge is -2.31. The molecule has 1 amide bonds. The van der Waals surface area contributed by atoms with Crippen molar-refractivity contribution >= 4 is 11.7 Å². The minimum atomic E-state index is -0.0850. The molecule has 0 saturated heterocycles. The quantitative estimate of drug-likeness (QED) is 0.908. The Morgan fingerprint density at radius 2 is 2.23 bits per heavy atom. The largest absolute Gasteiger partial charge is 0.481 e.